The fourth-order valence-corrected chi connectivity index (χ4v) is 1.38. The van der Waals surface area contributed by atoms with Gasteiger partial charge in [-0.3, -0.25) is 0 Å². The Morgan fingerprint density at radius 3 is 2.76 bits per heavy atom. The zero-order chi connectivity index (χ0) is 12.4. The molecule has 4 nitrogen and oxygen atoms in total. The molecule has 17 heavy (non-hydrogen) atoms. The number of nitrogens with one attached hydrogen (secondary N) is 1. The van der Waals surface area contributed by atoms with Crippen molar-refractivity contribution in [1.29, 1.82) is 0 Å². The van der Waals surface area contributed by atoms with E-state index in [0.29, 0.717) is 17.1 Å². The quantitative estimate of drug-likeness (QED) is 0.852. The van der Waals surface area contributed by atoms with Gasteiger partial charge in [-0.15, -0.1) is 16.7 Å². The first-order valence-electron chi connectivity index (χ1n) is 5.07. The summed E-state index contributed by atoms with van der Waals surface area (Å²) < 4.78 is 18.3. The number of hydrogen-bond acceptors (Lipinski definition) is 4. The molecule has 0 aliphatic carbocycles. The second kappa shape index (κ2) is 4.71. The Morgan fingerprint density at radius 2 is 2.18 bits per heavy atom. The van der Waals surface area contributed by atoms with Crippen LogP contribution in [0.4, 0.5) is 16.1 Å². The fraction of sp³-hybridized carbons (Fsp3) is 0.273. The minimum absolute atomic E-state index is 0.235. The summed E-state index contributed by atoms with van der Waals surface area (Å²) in [5.41, 5.74) is 1.22. The molecule has 6 heteroatoms. The topological polar surface area (TPSA) is 51.0 Å². The summed E-state index contributed by atoms with van der Waals surface area (Å²) in [7, 11) is 0. The van der Waals surface area contributed by atoms with Crippen molar-refractivity contribution in [3.05, 3.63) is 35.5 Å². The van der Waals surface area contributed by atoms with Gasteiger partial charge in [0.05, 0.1) is 0 Å². The highest BCUT2D eigenvalue weighted by atomic mass is 35.5. The first kappa shape index (κ1) is 11.9. The van der Waals surface area contributed by atoms with Gasteiger partial charge in [0, 0.05) is 5.69 Å². The van der Waals surface area contributed by atoms with Crippen molar-refractivity contribution in [2.75, 3.05) is 5.32 Å². The molecule has 0 fully saturated rings. The lowest BCUT2D eigenvalue weighted by molar-refractivity contribution is 0.510. The van der Waals surface area contributed by atoms with E-state index >= 15 is 0 Å². The number of aryl methyl sites for hydroxylation is 1. The van der Waals surface area contributed by atoms with E-state index in [9.17, 15) is 4.39 Å². The van der Waals surface area contributed by atoms with Gasteiger partial charge in [-0.2, -0.15) is 0 Å². The van der Waals surface area contributed by atoms with Gasteiger partial charge in [0.25, 0.3) is 0 Å². The molecule has 0 amide bonds. The van der Waals surface area contributed by atoms with Crippen LogP contribution in [0.2, 0.25) is 0 Å². The van der Waals surface area contributed by atoms with Gasteiger partial charge in [0.15, 0.2) is 0 Å². The van der Waals surface area contributed by atoms with Crippen LogP contribution in [0.5, 0.6) is 0 Å². The highest BCUT2D eigenvalue weighted by molar-refractivity contribution is 6.20. The third-order valence-corrected chi connectivity index (χ3v) is 2.38. The Kier molecular flexibility index (Phi) is 3.28. The summed E-state index contributed by atoms with van der Waals surface area (Å²) in [4.78, 5) is 0. The second-order valence-corrected chi connectivity index (χ2v) is 4.31. The first-order chi connectivity index (χ1) is 8.06. The van der Waals surface area contributed by atoms with Gasteiger partial charge in [-0.1, -0.05) is 5.10 Å². The molecule has 0 bridgehead atoms. The first-order valence-corrected chi connectivity index (χ1v) is 5.50. The average Bonchev–Trinajstić information content (AvgIpc) is 2.72. The number of hydrogen-bond donors (Lipinski definition) is 1. The minimum atomic E-state index is -0.340. The van der Waals surface area contributed by atoms with Crippen molar-refractivity contribution >= 4 is 23.3 Å². The summed E-state index contributed by atoms with van der Waals surface area (Å²) in [5.74, 6) is 0.0872. The molecule has 0 saturated carbocycles. The maximum absolute atomic E-state index is 13.1. The molecular weight excluding hydrogens is 245 g/mol. The lowest BCUT2D eigenvalue weighted by Crippen LogP contribution is -1.92. The minimum Gasteiger partial charge on any atom is -0.406 e. The molecule has 0 saturated heterocycles. The fourth-order valence-electron chi connectivity index (χ4n) is 1.29. The van der Waals surface area contributed by atoms with Crippen LogP contribution in [0.1, 0.15) is 23.8 Å². The average molecular weight is 256 g/mol. The molecular formula is C11H11ClFN3O. The highest BCUT2D eigenvalue weighted by Gasteiger charge is 2.11. The number of anilines is 2. The van der Waals surface area contributed by atoms with E-state index in [1.165, 1.54) is 6.07 Å². The van der Waals surface area contributed by atoms with Crippen molar-refractivity contribution in [3.63, 3.8) is 0 Å². The molecule has 2 rings (SSSR count). The van der Waals surface area contributed by atoms with Gasteiger partial charge >= 0.3 is 6.01 Å². The summed E-state index contributed by atoms with van der Waals surface area (Å²) in [6.45, 7) is 3.42. The van der Waals surface area contributed by atoms with Crippen LogP contribution in [0.25, 0.3) is 0 Å². The molecule has 1 aromatic heterocycles. The third kappa shape index (κ3) is 2.74. The molecule has 0 spiro atoms. The standard InChI is InChI=1S/C11H11ClFN3O/c1-6-5-8(3-4-9(6)13)14-11-16-15-10(17-11)7(2)12/h3-5,7H,1-2H3,(H,14,16). The number of rotatable bonds is 3. The van der Waals surface area contributed by atoms with Gasteiger partial charge < -0.3 is 9.73 Å². The zero-order valence-corrected chi connectivity index (χ0v) is 10.1. The summed E-state index contributed by atoms with van der Waals surface area (Å²) in [5, 5.41) is 10.1. The second-order valence-electron chi connectivity index (χ2n) is 3.65. The van der Waals surface area contributed by atoms with Crippen LogP contribution in [0.3, 0.4) is 0 Å². The molecule has 2 aromatic rings. The van der Waals surface area contributed by atoms with Crippen molar-refractivity contribution in [2.45, 2.75) is 19.2 Å². The van der Waals surface area contributed by atoms with Crippen LogP contribution in [0.15, 0.2) is 22.6 Å². The van der Waals surface area contributed by atoms with Crippen molar-refractivity contribution < 1.29 is 8.81 Å². The van der Waals surface area contributed by atoms with Crippen LogP contribution in [-0.4, -0.2) is 10.2 Å². The van der Waals surface area contributed by atoms with Crippen molar-refractivity contribution in [2.24, 2.45) is 0 Å². The summed E-state index contributed by atoms with van der Waals surface area (Å²) in [6, 6.07) is 4.86. The van der Waals surface area contributed by atoms with E-state index in [1.807, 2.05) is 0 Å². The smallest absolute Gasteiger partial charge is 0.320 e. The molecule has 1 aromatic carbocycles. The van der Waals surface area contributed by atoms with Gasteiger partial charge in [0.1, 0.15) is 11.2 Å². The molecule has 90 valence electrons. The van der Waals surface area contributed by atoms with Crippen LogP contribution in [0, 0.1) is 12.7 Å². The Morgan fingerprint density at radius 1 is 1.41 bits per heavy atom. The van der Waals surface area contributed by atoms with Gasteiger partial charge in [0.2, 0.25) is 5.89 Å². The van der Waals surface area contributed by atoms with Gasteiger partial charge in [-0.05, 0) is 37.6 Å². The monoisotopic (exact) mass is 255 g/mol. The number of nitrogens with zero attached hydrogens (tertiary/aromatic N) is 2. The Labute approximate surface area is 103 Å². The largest absolute Gasteiger partial charge is 0.406 e. The van der Waals surface area contributed by atoms with E-state index in [1.54, 1.807) is 26.0 Å². The lowest BCUT2D eigenvalue weighted by Gasteiger charge is -2.02. The maximum Gasteiger partial charge on any atom is 0.320 e. The number of halogens is 2. The normalized spacial score (nSPS) is 12.5. The number of benzene rings is 1. The number of aromatic nitrogens is 2. The van der Waals surface area contributed by atoms with Crippen LogP contribution in [-0.2, 0) is 0 Å². The van der Waals surface area contributed by atoms with Crippen molar-refractivity contribution in [3.8, 4) is 0 Å². The van der Waals surface area contributed by atoms with E-state index < -0.39 is 0 Å². The molecule has 0 aliphatic heterocycles. The highest BCUT2D eigenvalue weighted by Crippen LogP contribution is 2.22. The molecule has 0 radical (unpaired) electrons. The van der Waals surface area contributed by atoms with E-state index in [-0.39, 0.29) is 17.2 Å². The predicted molar refractivity (Wildman–Crippen MR) is 63.0 cm³/mol. The van der Waals surface area contributed by atoms with E-state index in [4.69, 9.17) is 16.0 Å². The summed E-state index contributed by atoms with van der Waals surface area (Å²) in [6.07, 6.45) is 0. The van der Waals surface area contributed by atoms with Crippen LogP contribution >= 0.6 is 11.6 Å². The van der Waals surface area contributed by atoms with E-state index in [2.05, 4.69) is 15.5 Å². The molecule has 1 N–H and O–H groups in total. The molecule has 1 unspecified atom stereocenters. The molecule has 0 aliphatic rings. The lowest BCUT2D eigenvalue weighted by atomic mass is 10.2. The maximum atomic E-state index is 13.1. The predicted octanol–water partition coefficient (Wildman–Crippen LogP) is 3.56. The molecule has 1 atom stereocenters. The summed E-state index contributed by atoms with van der Waals surface area (Å²) >= 11 is 5.79. The Hall–Kier alpha value is -1.62. The van der Waals surface area contributed by atoms with E-state index in [0.717, 1.165) is 0 Å². The zero-order valence-electron chi connectivity index (χ0n) is 9.37. The van der Waals surface area contributed by atoms with Gasteiger partial charge in [-0.25, -0.2) is 4.39 Å². The van der Waals surface area contributed by atoms with Crippen LogP contribution < -0.4 is 5.32 Å². The molecule has 1 heterocycles. The number of alkyl halides is 1. The van der Waals surface area contributed by atoms with Crippen molar-refractivity contribution in [1.82, 2.24) is 10.2 Å². The Bertz CT molecular complexity index is 527. The Balaban J connectivity index is 2.16. The third-order valence-electron chi connectivity index (χ3n) is 2.19. The SMILES string of the molecule is Cc1cc(Nc2nnc(C(C)Cl)o2)ccc1F.